The molecule has 1 amide bonds. The van der Waals surface area contributed by atoms with E-state index in [-0.39, 0.29) is 23.2 Å². The first-order chi connectivity index (χ1) is 12.1. The smallest absolute Gasteiger partial charge is 0.296 e. The Morgan fingerprint density at radius 3 is 2.76 bits per heavy atom. The number of carbonyl (C=O) groups is 1. The molecule has 1 aliphatic heterocycles. The molecule has 25 heavy (non-hydrogen) atoms. The summed E-state index contributed by atoms with van der Waals surface area (Å²) in [4.78, 5) is 22.9. The zero-order valence-corrected chi connectivity index (χ0v) is 13.5. The molecule has 3 rings (SSSR count). The van der Waals surface area contributed by atoms with Crippen molar-refractivity contribution in [2.75, 3.05) is 18.5 Å². The van der Waals surface area contributed by atoms with Crippen LogP contribution >= 0.6 is 0 Å². The van der Waals surface area contributed by atoms with Crippen LogP contribution < -0.4 is 10.1 Å². The van der Waals surface area contributed by atoms with E-state index in [4.69, 9.17) is 9.47 Å². The number of benzene rings is 2. The largest absolute Gasteiger partial charge is 0.489 e. The molecular weight excluding hydrogens is 324 g/mol. The van der Waals surface area contributed by atoms with Crippen LogP contribution in [-0.2, 0) is 16.1 Å². The van der Waals surface area contributed by atoms with E-state index >= 15 is 0 Å². The van der Waals surface area contributed by atoms with Crippen LogP contribution in [0.15, 0.2) is 48.5 Å². The Labute approximate surface area is 144 Å². The maximum atomic E-state index is 12.1. The van der Waals surface area contributed by atoms with Crippen molar-refractivity contribution in [3.63, 3.8) is 0 Å². The minimum atomic E-state index is -0.532. The van der Waals surface area contributed by atoms with Crippen LogP contribution in [0.4, 0.5) is 11.4 Å². The van der Waals surface area contributed by atoms with Crippen LogP contribution in [0.5, 0.6) is 5.75 Å². The van der Waals surface area contributed by atoms with E-state index in [9.17, 15) is 14.9 Å². The fourth-order valence-electron chi connectivity index (χ4n) is 2.57. The zero-order chi connectivity index (χ0) is 17.6. The highest BCUT2D eigenvalue weighted by Crippen LogP contribution is 2.30. The first-order valence-electron chi connectivity index (χ1n) is 7.97. The number of nitrogens with zero attached hydrogens (tertiary/aromatic N) is 1. The molecule has 1 N–H and O–H groups in total. The molecule has 0 bridgehead atoms. The molecular formula is C18H18N2O5. The molecule has 0 spiro atoms. The van der Waals surface area contributed by atoms with Crippen molar-refractivity contribution in [3.05, 3.63) is 64.2 Å². The molecule has 0 radical (unpaired) electrons. The summed E-state index contributed by atoms with van der Waals surface area (Å²) in [5.74, 6) is -0.162. The Hall–Kier alpha value is -2.93. The fourth-order valence-corrected chi connectivity index (χ4v) is 2.57. The first-order valence-corrected chi connectivity index (χ1v) is 7.97. The van der Waals surface area contributed by atoms with E-state index in [0.717, 1.165) is 5.56 Å². The Morgan fingerprint density at radius 2 is 2.08 bits per heavy atom. The molecule has 2 aromatic rings. The van der Waals surface area contributed by atoms with Gasteiger partial charge in [-0.2, -0.15) is 0 Å². The average Bonchev–Trinajstić information content (AvgIpc) is 3.16. The second-order valence-corrected chi connectivity index (χ2v) is 5.76. The average molecular weight is 342 g/mol. The predicted molar refractivity (Wildman–Crippen MR) is 91.4 cm³/mol. The molecule has 0 unspecified atom stereocenters. The lowest BCUT2D eigenvalue weighted by molar-refractivity contribution is -0.384. The van der Waals surface area contributed by atoms with Crippen LogP contribution in [0.3, 0.4) is 0 Å². The van der Waals surface area contributed by atoms with E-state index in [0.29, 0.717) is 32.0 Å². The number of hydrogen-bond acceptors (Lipinski definition) is 5. The van der Waals surface area contributed by atoms with Crippen molar-refractivity contribution in [2.45, 2.75) is 13.0 Å². The van der Waals surface area contributed by atoms with Gasteiger partial charge in [0.25, 0.3) is 5.69 Å². The minimum Gasteiger partial charge on any atom is -0.489 e. The number of hydrogen-bond donors (Lipinski definition) is 1. The number of nitro benzene ring substituents is 1. The van der Waals surface area contributed by atoms with Crippen molar-refractivity contribution in [2.24, 2.45) is 5.92 Å². The van der Waals surface area contributed by atoms with Crippen molar-refractivity contribution in [3.8, 4) is 5.75 Å². The van der Waals surface area contributed by atoms with Crippen molar-refractivity contribution >= 4 is 17.3 Å². The van der Waals surface area contributed by atoms with Crippen LogP contribution in [-0.4, -0.2) is 24.0 Å². The topological polar surface area (TPSA) is 90.7 Å². The van der Waals surface area contributed by atoms with Crippen LogP contribution in [0.25, 0.3) is 0 Å². The van der Waals surface area contributed by atoms with Gasteiger partial charge in [-0.05, 0) is 24.1 Å². The lowest BCUT2D eigenvalue weighted by Crippen LogP contribution is -2.23. The standard InChI is InChI=1S/C18H18N2O5/c21-18(14-8-9-24-12-14)19-16-7-6-15(10-17(16)20(22)23)25-11-13-4-2-1-3-5-13/h1-7,10,14H,8-9,11-12H2,(H,19,21)/t14-/m1/s1. The third-order valence-corrected chi connectivity index (χ3v) is 3.97. The van der Waals surface area contributed by atoms with Gasteiger partial charge in [-0.25, -0.2) is 0 Å². The van der Waals surface area contributed by atoms with E-state index < -0.39 is 4.92 Å². The molecule has 1 saturated heterocycles. The second-order valence-electron chi connectivity index (χ2n) is 5.76. The van der Waals surface area contributed by atoms with Gasteiger partial charge in [-0.15, -0.1) is 0 Å². The Morgan fingerprint density at radius 1 is 1.28 bits per heavy atom. The summed E-state index contributed by atoms with van der Waals surface area (Å²) in [5.41, 5.74) is 0.926. The number of rotatable bonds is 6. The van der Waals surface area contributed by atoms with Gasteiger partial charge >= 0.3 is 0 Å². The SMILES string of the molecule is O=C(Nc1ccc(OCc2ccccc2)cc1[N+](=O)[O-])[C@@H]1CCOC1. The lowest BCUT2D eigenvalue weighted by atomic mass is 10.1. The molecule has 7 nitrogen and oxygen atoms in total. The van der Waals surface area contributed by atoms with Gasteiger partial charge in [-0.1, -0.05) is 30.3 Å². The van der Waals surface area contributed by atoms with Crippen molar-refractivity contribution in [1.82, 2.24) is 0 Å². The summed E-state index contributed by atoms with van der Waals surface area (Å²) in [5, 5.41) is 13.9. The number of nitrogens with one attached hydrogen (secondary N) is 1. The summed E-state index contributed by atoms with van der Waals surface area (Å²) in [6, 6.07) is 13.9. The maximum absolute atomic E-state index is 12.1. The van der Waals surface area contributed by atoms with Crippen LogP contribution in [0, 0.1) is 16.0 Å². The molecule has 130 valence electrons. The summed E-state index contributed by atoms with van der Waals surface area (Å²) >= 11 is 0. The number of amides is 1. The monoisotopic (exact) mass is 342 g/mol. The molecule has 2 aromatic carbocycles. The highest BCUT2D eigenvalue weighted by atomic mass is 16.6. The van der Waals surface area contributed by atoms with Crippen molar-refractivity contribution < 1.29 is 19.2 Å². The van der Waals surface area contributed by atoms with Crippen LogP contribution in [0.1, 0.15) is 12.0 Å². The van der Waals surface area contributed by atoms with Crippen LogP contribution in [0.2, 0.25) is 0 Å². The third-order valence-electron chi connectivity index (χ3n) is 3.97. The van der Waals surface area contributed by atoms with Gasteiger partial charge in [0.2, 0.25) is 5.91 Å². The Balaban J connectivity index is 1.71. The molecule has 0 aromatic heterocycles. The molecule has 7 heteroatoms. The fraction of sp³-hybridized carbons (Fsp3) is 0.278. The summed E-state index contributed by atoms with van der Waals surface area (Å²) in [6.45, 7) is 1.19. The number of nitro groups is 1. The molecule has 0 aliphatic carbocycles. The van der Waals surface area contributed by atoms with E-state index in [1.807, 2.05) is 30.3 Å². The maximum Gasteiger partial charge on any atom is 0.296 e. The molecule has 1 heterocycles. The zero-order valence-electron chi connectivity index (χ0n) is 13.5. The summed E-state index contributed by atoms with van der Waals surface area (Å²) in [7, 11) is 0. The highest BCUT2D eigenvalue weighted by Gasteiger charge is 2.26. The van der Waals surface area contributed by atoms with E-state index in [2.05, 4.69) is 5.32 Å². The highest BCUT2D eigenvalue weighted by molar-refractivity contribution is 5.95. The lowest BCUT2D eigenvalue weighted by Gasteiger charge is -2.11. The second kappa shape index (κ2) is 7.76. The number of carbonyl (C=O) groups excluding carboxylic acids is 1. The summed E-state index contributed by atoms with van der Waals surface area (Å²) < 4.78 is 10.8. The van der Waals surface area contributed by atoms with Gasteiger partial charge in [0, 0.05) is 6.61 Å². The normalized spacial score (nSPS) is 16.4. The quantitative estimate of drug-likeness (QED) is 0.643. The molecule has 0 saturated carbocycles. The minimum absolute atomic E-state index is 0.161. The predicted octanol–water partition coefficient (Wildman–Crippen LogP) is 3.15. The Bertz CT molecular complexity index is 757. The van der Waals surface area contributed by atoms with Gasteiger partial charge in [-0.3, -0.25) is 14.9 Å². The van der Waals surface area contributed by atoms with Gasteiger partial charge in [0.05, 0.1) is 23.5 Å². The van der Waals surface area contributed by atoms with Gasteiger partial charge < -0.3 is 14.8 Å². The van der Waals surface area contributed by atoms with Gasteiger partial charge in [0.15, 0.2) is 0 Å². The van der Waals surface area contributed by atoms with Crippen molar-refractivity contribution in [1.29, 1.82) is 0 Å². The summed E-state index contributed by atoms with van der Waals surface area (Å²) in [6.07, 6.45) is 0.623. The third kappa shape index (κ3) is 4.33. The van der Waals surface area contributed by atoms with E-state index in [1.54, 1.807) is 6.07 Å². The number of anilines is 1. The first kappa shape index (κ1) is 16.9. The Kier molecular flexibility index (Phi) is 5.25. The molecule has 1 aliphatic rings. The van der Waals surface area contributed by atoms with Gasteiger partial charge in [0.1, 0.15) is 18.0 Å². The number of ether oxygens (including phenoxy) is 2. The van der Waals surface area contributed by atoms with E-state index in [1.165, 1.54) is 12.1 Å². The molecule has 1 fully saturated rings. The molecule has 1 atom stereocenters.